The number of anilines is 1. The molecule has 25 heavy (non-hydrogen) atoms. The lowest BCUT2D eigenvalue weighted by Crippen LogP contribution is -2.41. The number of hydrogen-bond acceptors (Lipinski definition) is 5. The minimum absolute atomic E-state index is 0.0760. The molecule has 0 N–H and O–H groups in total. The Bertz CT molecular complexity index is 872. The zero-order valence-corrected chi connectivity index (χ0v) is 13.8. The highest BCUT2D eigenvalue weighted by Gasteiger charge is 2.31. The van der Waals surface area contributed by atoms with E-state index in [0.29, 0.717) is 13.2 Å². The van der Waals surface area contributed by atoms with Crippen LogP contribution in [0.1, 0.15) is 29.0 Å². The highest BCUT2D eigenvalue weighted by atomic mass is 16.6. The fraction of sp³-hybridized carbons (Fsp3) is 0.278. The van der Waals surface area contributed by atoms with Crippen molar-refractivity contribution in [2.45, 2.75) is 19.4 Å². The Morgan fingerprint density at radius 2 is 2.24 bits per heavy atom. The van der Waals surface area contributed by atoms with Gasteiger partial charge in [-0.2, -0.15) is 10.1 Å². The molecule has 1 unspecified atom stereocenters. The topological polar surface area (TPSA) is 73.4 Å². The first kappa shape index (κ1) is 15.4. The Labute approximate surface area is 144 Å². The average Bonchev–Trinajstić information content (AvgIpc) is 3.32. The monoisotopic (exact) mass is 338 g/mol. The van der Waals surface area contributed by atoms with Gasteiger partial charge in [0, 0.05) is 24.6 Å². The standard InChI is InChI=1S/C18H18N4O3/c1-2-24-18-20-15(12-25-18)17(23)21-11-14(22-9-5-8-19-22)10-13-6-3-4-7-16(13)21/h3-9,12,14H,2,10-11H2,1H3. The summed E-state index contributed by atoms with van der Waals surface area (Å²) >= 11 is 0. The van der Waals surface area contributed by atoms with E-state index in [1.807, 2.05) is 48.1 Å². The molecule has 1 aliphatic rings. The second-order valence-electron chi connectivity index (χ2n) is 5.82. The van der Waals surface area contributed by atoms with Crippen molar-refractivity contribution in [1.82, 2.24) is 14.8 Å². The van der Waals surface area contributed by atoms with Crippen molar-refractivity contribution in [3.05, 3.63) is 60.2 Å². The first-order valence-electron chi connectivity index (χ1n) is 8.23. The summed E-state index contributed by atoms with van der Waals surface area (Å²) in [5.41, 5.74) is 2.24. The molecule has 0 radical (unpaired) electrons. The summed E-state index contributed by atoms with van der Waals surface area (Å²) in [6.45, 7) is 2.79. The minimum Gasteiger partial charge on any atom is -0.450 e. The van der Waals surface area contributed by atoms with Crippen LogP contribution in [-0.4, -0.2) is 33.8 Å². The Morgan fingerprint density at radius 3 is 3.04 bits per heavy atom. The third-order valence-corrected chi connectivity index (χ3v) is 4.25. The van der Waals surface area contributed by atoms with Crippen molar-refractivity contribution in [3.8, 4) is 6.08 Å². The number of aromatic nitrogens is 3. The summed E-state index contributed by atoms with van der Waals surface area (Å²) in [5.74, 6) is -0.209. The maximum atomic E-state index is 13.0. The van der Waals surface area contributed by atoms with Crippen LogP contribution in [0.15, 0.2) is 53.4 Å². The van der Waals surface area contributed by atoms with Gasteiger partial charge in [0.2, 0.25) is 0 Å². The van der Waals surface area contributed by atoms with Gasteiger partial charge in [0.15, 0.2) is 5.69 Å². The number of carbonyl (C=O) groups is 1. The van der Waals surface area contributed by atoms with Crippen LogP contribution < -0.4 is 9.64 Å². The number of nitrogens with zero attached hydrogens (tertiary/aromatic N) is 4. The molecule has 4 rings (SSSR count). The van der Waals surface area contributed by atoms with E-state index in [2.05, 4.69) is 10.1 Å². The third-order valence-electron chi connectivity index (χ3n) is 4.25. The molecule has 7 nitrogen and oxygen atoms in total. The van der Waals surface area contributed by atoms with Crippen LogP contribution in [0, 0.1) is 0 Å². The fourth-order valence-corrected chi connectivity index (χ4v) is 3.12. The van der Waals surface area contributed by atoms with E-state index in [1.54, 1.807) is 11.1 Å². The Hall–Kier alpha value is -3.09. The van der Waals surface area contributed by atoms with Crippen molar-refractivity contribution in [2.75, 3.05) is 18.1 Å². The Morgan fingerprint density at radius 1 is 1.36 bits per heavy atom. The van der Waals surface area contributed by atoms with Crippen LogP contribution in [0.25, 0.3) is 0 Å². The zero-order valence-electron chi connectivity index (χ0n) is 13.8. The molecular formula is C18H18N4O3. The summed E-state index contributed by atoms with van der Waals surface area (Å²) in [6.07, 6.45) is 5.95. The molecule has 0 bridgehead atoms. The number of benzene rings is 1. The largest absolute Gasteiger partial charge is 0.450 e. The Kier molecular flexibility index (Phi) is 3.97. The number of para-hydroxylation sites is 1. The predicted molar refractivity (Wildman–Crippen MR) is 90.8 cm³/mol. The lowest BCUT2D eigenvalue weighted by molar-refractivity contribution is 0.0975. The van der Waals surface area contributed by atoms with Gasteiger partial charge in [-0.15, -0.1) is 0 Å². The molecule has 1 aliphatic heterocycles. The van der Waals surface area contributed by atoms with Crippen LogP contribution in [0.2, 0.25) is 0 Å². The lowest BCUT2D eigenvalue weighted by Gasteiger charge is -2.34. The summed E-state index contributed by atoms with van der Waals surface area (Å²) < 4.78 is 12.3. The SMILES string of the molecule is CCOc1nc(C(=O)N2CC(n3cccn3)Cc3ccccc32)co1. The maximum Gasteiger partial charge on any atom is 0.394 e. The van der Waals surface area contributed by atoms with E-state index >= 15 is 0 Å². The van der Waals surface area contributed by atoms with Gasteiger partial charge in [-0.3, -0.25) is 9.48 Å². The van der Waals surface area contributed by atoms with Crippen LogP contribution in [-0.2, 0) is 6.42 Å². The van der Waals surface area contributed by atoms with Crippen LogP contribution in [0.3, 0.4) is 0 Å². The molecule has 0 spiro atoms. The number of fused-ring (bicyclic) bond motifs is 1. The van der Waals surface area contributed by atoms with Gasteiger partial charge in [-0.25, -0.2) is 0 Å². The fourth-order valence-electron chi connectivity index (χ4n) is 3.12. The number of oxazole rings is 1. The van der Waals surface area contributed by atoms with Crippen molar-refractivity contribution < 1.29 is 13.9 Å². The van der Waals surface area contributed by atoms with Gasteiger partial charge >= 0.3 is 6.08 Å². The number of amides is 1. The molecule has 128 valence electrons. The number of rotatable bonds is 4. The van der Waals surface area contributed by atoms with Crippen molar-refractivity contribution in [3.63, 3.8) is 0 Å². The summed E-state index contributed by atoms with van der Waals surface area (Å²) in [4.78, 5) is 18.9. The van der Waals surface area contributed by atoms with Gasteiger partial charge in [-0.1, -0.05) is 18.2 Å². The van der Waals surface area contributed by atoms with Gasteiger partial charge in [0.25, 0.3) is 5.91 Å². The molecule has 3 heterocycles. The Balaban J connectivity index is 1.67. The molecule has 0 aliphatic carbocycles. The maximum absolute atomic E-state index is 13.0. The number of hydrogen-bond donors (Lipinski definition) is 0. The van der Waals surface area contributed by atoms with Crippen molar-refractivity contribution in [1.29, 1.82) is 0 Å². The molecule has 0 saturated heterocycles. The summed E-state index contributed by atoms with van der Waals surface area (Å²) in [5, 5.41) is 4.33. The zero-order chi connectivity index (χ0) is 17.2. The van der Waals surface area contributed by atoms with Gasteiger partial charge in [0.05, 0.1) is 12.6 Å². The smallest absolute Gasteiger partial charge is 0.394 e. The van der Waals surface area contributed by atoms with E-state index in [9.17, 15) is 4.79 Å². The molecule has 3 aromatic rings. The molecule has 1 atom stereocenters. The molecular weight excluding hydrogens is 320 g/mol. The third kappa shape index (κ3) is 2.88. The molecule has 1 amide bonds. The van der Waals surface area contributed by atoms with Crippen molar-refractivity contribution in [2.24, 2.45) is 0 Å². The predicted octanol–water partition coefficient (Wildman–Crippen LogP) is 2.71. The molecule has 0 fully saturated rings. The second kappa shape index (κ2) is 6.43. The van der Waals surface area contributed by atoms with Crippen LogP contribution in [0.5, 0.6) is 6.08 Å². The van der Waals surface area contributed by atoms with Gasteiger partial charge in [0.1, 0.15) is 6.26 Å². The first-order valence-corrected chi connectivity index (χ1v) is 8.23. The number of ether oxygens (including phenoxy) is 1. The normalized spacial score (nSPS) is 16.5. The second-order valence-corrected chi connectivity index (χ2v) is 5.82. The average molecular weight is 338 g/mol. The van der Waals surface area contributed by atoms with E-state index in [-0.39, 0.29) is 23.7 Å². The van der Waals surface area contributed by atoms with Crippen LogP contribution in [0.4, 0.5) is 5.69 Å². The van der Waals surface area contributed by atoms with E-state index in [4.69, 9.17) is 9.15 Å². The first-order chi connectivity index (χ1) is 12.3. The summed E-state index contributed by atoms with van der Waals surface area (Å²) in [6, 6.07) is 9.87. The van der Waals surface area contributed by atoms with E-state index in [0.717, 1.165) is 17.7 Å². The van der Waals surface area contributed by atoms with Crippen molar-refractivity contribution >= 4 is 11.6 Å². The quantitative estimate of drug-likeness (QED) is 0.731. The van der Waals surface area contributed by atoms with Gasteiger partial charge in [-0.05, 0) is 31.0 Å². The number of carbonyl (C=O) groups excluding carboxylic acids is 1. The van der Waals surface area contributed by atoms with Gasteiger partial charge < -0.3 is 14.1 Å². The minimum atomic E-state index is -0.209. The van der Waals surface area contributed by atoms with E-state index in [1.165, 1.54) is 6.26 Å². The molecule has 1 aromatic carbocycles. The molecule has 0 saturated carbocycles. The van der Waals surface area contributed by atoms with E-state index < -0.39 is 0 Å². The highest BCUT2D eigenvalue weighted by molar-refractivity contribution is 6.05. The lowest BCUT2D eigenvalue weighted by atomic mass is 9.97. The van der Waals surface area contributed by atoms with Crippen LogP contribution >= 0.6 is 0 Å². The highest BCUT2D eigenvalue weighted by Crippen LogP contribution is 2.32. The summed E-state index contributed by atoms with van der Waals surface area (Å²) in [7, 11) is 0. The molecule has 7 heteroatoms. The molecule has 2 aromatic heterocycles.